The number of nitrogens with one attached hydrogen (secondary N) is 1. The zero-order valence-electron chi connectivity index (χ0n) is 18.1. The molecule has 1 heterocycles. The molecule has 34 heavy (non-hydrogen) atoms. The smallest absolute Gasteiger partial charge is 0.162 e. The van der Waals surface area contributed by atoms with E-state index < -0.39 is 23.3 Å². The van der Waals surface area contributed by atoms with Gasteiger partial charge >= 0.3 is 0 Å². The monoisotopic (exact) mass is 461 g/mol. The molecule has 0 unspecified atom stereocenters. The summed E-state index contributed by atoms with van der Waals surface area (Å²) in [5, 5.41) is 3.58. The van der Waals surface area contributed by atoms with Crippen LogP contribution in [0.4, 0.5) is 29.1 Å². The minimum atomic E-state index is -1.00. The molecule has 1 aromatic heterocycles. The lowest BCUT2D eigenvalue weighted by atomic mass is 10.0. The predicted molar refractivity (Wildman–Crippen MR) is 128 cm³/mol. The number of anilines is 2. The molecule has 1 N–H and O–H groups in total. The molecule has 4 aromatic rings. The third kappa shape index (κ3) is 4.88. The molecular formula is C27H19F4N3. The minimum absolute atomic E-state index is 0.290. The summed E-state index contributed by atoms with van der Waals surface area (Å²) in [4.78, 5) is 9.19. The summed E-state index contributed by atoms with van der Waals surface area (Å²) in [6.45, 7) is 5.67. The highest BCUT2D eigenvalue weighted by atomic mass is 19.2. The number of rotatable bonds is 6. The highest BCUT2D eigenvalue weighted by Crippen LogP contribution is 2.31. The van der Waals surface area contributed by atoms with Gasteiger partial charge in [0.05, 0.1) is 5.52 Å². The summed E-state index contributed by atoms with van der Waals surface area (Å²) in [7, 11) is 0. The fraction of sp³-hybridized carbons (Fsp3) is 0.0370. The second-order valence-electron chi connectivity index (χ2n) is 7.39. The van der Waals surface area contributed by atoms with Crippen LogP contribution >= 0.6 is 0 Å². The molecule has 0 amide bonds. The Kier molecular flexibility index (Phi) is 6.54. The molecule has 7 heteroatoms. The normalized spacial score (nSPS) is 11.9. The second-order valence-corrected chi connectivity index (χ2v) is 7.39. The summed E-state index contributed by atoms with van der Waals surface area (Å²) in [5.41, 5.74) is 2.29. The van der Waals surface area contributed by atoms with Crippen LogP contribution in [0.25, 0.3) is 27.6 Å². The van der Waals surface area contributed by atoms with E-state index in [9.17, 15) is 17.6 Å². The summed E-state index contributed by atoms with van der Waals surface area (Å²) in [6, 6.07) is 11.7. The average molecular weight is 461 g/mol. The van der Waals surface area contributed by atoms with Gasteiger partial charge in [-0.1, -0.05) is 36.9 Å². The molecule has 0 saturated heterocycles. The summed E-state index contributed by atoms with van der Waals surface area (Å²) >= 11 is 0. The molecule has 4 rings (SSSR count). The van der Waals surface area contributed by atoms with Crippen molar-refractivity contribution < 1.29 is 17.6 Å². The van der Waals surface area contributed by atoms with E-state index in [1.54, 1.807) is 36.4 Å². The maximum atomic E-state index is 13.8. The van der Waals surface area contributed by atoms with Crippen molar-refractivity contribution in [1.29, 1.82) is 0 Å². The van der Waals surface area contributed by atoms with E-state index >= 15 is 0 Å². The second kappa shape index (κ2) is 9.70. The molecule has 170 valence electrons. The Morgan fingerprint density at radius 3 is 2.29 bits per heavy atom. The van der Waals surface area contributed by atoms with Gasteiger partial charge in [-0.15, -0.1) is 0 Å². The molecule has 0 aliphatic carbocycles. The van der Waals surface area contributed by atoms with E-state index in [0.29, 0.717) is 44.9 Å². The minimum Gasteiger partial charge on any atom is -0.340 e. The highest BCUT2D eigenvalue weighted by Gasteiger charge is 2.13. The molecule has 0 bridgehead atoms. The van der Waals surface area contributed by atoms with Crippen LogP contribution < -0.4 is 5.32 Å². The largest absolute Gasteiger partial charge is 0.340 e. The number of allylic oxidation sites excluding steroid dienone is 5. The molecule has 3 aromatic carbocycles. The van der Waals surface area contributed by atoms with Gasteiger partial charge in [0.15, 0.2) is 17.5 Å². The zero-order chi connectivity index (χ0) is 24.2. The van der Waals surface area contributed by atoms with Crippen LogP contribution in [0.3, 0.4) is 0 Å². The Balaban J connectivity index is 1.91. The van der Waals surface area contributed by atoms with Crippen LogP contribution in [-0.4, -0.2) is 9.97 Å². The maximum absolute atomic E-state index is 13.8. The van der Waals surface area contributed by atoms with E-state index in [4.69, 9.17) is 0 Å². The molecule has 0 aliphatic heterocycles. The van der Waals surface area contributed by atoms with Gasteiger partial charge in [0.25, 0.3) is 0 Å². The van der Waals surface area contributed by atoms with E-state index in [1.165, 1.54) is 18.2 Å². The van der Waals surface area contributed by atoms with Crippen molar-refractivity contribution in [2.75, 3.05) is 5.32 Å². The van der Waals surface area contributed by atoms with E-state index in [0.717, 1.165) is 18.2 Å². The Hall–Kier alpha value is -4.26. The summed E-state index contributed by atoms with van der Waals surface area (Å²) in [6.07, 6.45) is 7.01. The molecule has 0 fully saturated rings. The van der Waals surface area contributed by atoms with Gasteiger partial charge in [0.1, 0.15) is 17.5 Å². The number of nitrogens with zero attached hydrogens (tertiary/aromatic N) is 2. The van der Waals surface area contributed by atoms with Gasteiger partial charge in [0.2, 0.25) is 0 Å². The number of fused-ring (bicyclic) bond motifs is 1. The first-order chi connectivity index (χ1) is 16.4. The maximum Gasteiger partial charge on any atom is 0.162 e. The summed E-state index contributed by atoms with van der Waals surface area (Å²) in [5.74, 6) is -2.68. The number of benzene rings is 3. The number of hydrogen-bond donors (Lipinski definition) is 1. The zero-order valence-corrected chi connectivity index (χ0v) is 18.1. The van der Waals surface area contributed by atoms with Crippen molar-refractivity contribution >= 4 is 28.0 Å². The van der Waals surface area contributed by atoms with Crippen LogP contribution in [0.2, 0.25) is 0 Å². The lowest BCUT2D eigenvalue weighted by Gasteiger charge is -2.13. The standard InChI is InChI=1S/C27H19F4N3/c1-3-5-6-16(4-2)26-33-25-13-17(18-11-19(28)14-20(29)12-18)7-9-22(25)27(34-26)32-21-8-10-23(30)24(31)15-21/h3-15H,2H2,1H3,(H,32,33,34)/b5-3-,16-6+. The first-order valence-corrected chi connectivity index (χ1v) is 10.3. The Labute approximate surface area is 193 Å². The summed E-state index contributed by atoms with van der Waals surface area (Å²) < 4.78 is 54.7. The molecule has 0 radical (unpaired) electrons. The first-order valence-electron chi connectivity index (χ1n) is 10.3. The lowest BCUT2D eigenvalue weighted by molar-refractivity contribution is 0.509. The average Bonchev–Trinajstić information content (AvgIpc) is 2.81. The Morgan fingerprint density at radius 2 is 1.62 bits per heavy atom. The SMILES string of the molecule is C=C/C(=C\C=C/C)c1nc(Nc2ccc(F)c(F)c2)c2ccc(-c3cc(F)cc(F)c3)cc2n1. The molecular weight excluding hydrogens is 442 g/mol. The topological polar surface area (TPSA) is 37.8 Å². The molecule has 0 aliphatic rings. The fourth-order valence-electron chi connectivity index (χ4n) is 3.40. The van der Waals surface area contributed by atoms with Gasteiger partial charge in [-0.2, -0.15) is 0 Å². The van der Waals surface area contributed by atoms with Gasteiger partial charge in [-0.3, -0.25) is 0 Å². The fourth-order valence-corrected chi connectivity index (χ4v) is 3.40. The first kappa shape index (κ1) is 22.9. The van der Waals surface area contributed by atoms with Crippen molar-refractivity contribution in [3.05, 3.63) is 115 Å². The van der Waals surface area contributed by atoms with Gasteiger partial charge in [-0.05, 0) is 54.4 Å². The third-order valence-corrected chi connectivity index (χ3v) is 5.02. The quantitative estimate of drug-likeness (QED) is 0.236. The third-order valence-electron chi connectivity index (χ3n) is 5.02. The van der Waals surface area contributed by atoms with Gasteiger partial charge < -0.3 is 5.32 Å². The molecule has 0 spiro atoms. The molecule has 3 nitrogen and oxygen atoms in total. The van der Waals surface area contributed by atoms with E-state index in [1.807, 2.05) is 13.0 Å². The Bertz CT molecular complexity index is 1440. The van der Waals surface area contributed by atoms with Crippen molar-refractivity contribution in [1.82, 2.24) is 9.97 Å². The number of aromatic nitrogens is 2. The highest BCUT2D eigenvalue weighted by molar-refractivity contribution is 5.94. The van der Waals surface area contributed by atoms with Gasteiger partial charge in [0, 0.05) is 28.8 Å². The predicted octanol–water partition coefficient (Wildman–Crippen LogP) is 7.74. The van der Waals surface area contributed by atoms with Crippen LogP contribution in [-0.2, 0) is 0 Å². The van der Waals surface area contributed by atoms with E-state index in [2.05, 4.69) is 21.9 Å². The van der Waals surface area contributed by atoms with Crippen LogP contribution in [0, 0.1) is 23.3 Å². The Morgan fingerprint density at radius 1 is 0.853 bits per heavy atom. The number of halogens is 4. The van der Waals surface area contributed by atoms with Gasteiger partial charge in [-0.25, -0.2) is 27.5 Å². The van der Waals surface area contributed by atoms with Crippen LogP contribution in [0.1, 0.15) is 12.7 Å². The van der Waals surface area contributed by atoms with Crippen molar-refractivity contribution in [3.63, 3.8) is 0 Å². The molecule has 0 saturated carbocycles. The van der Waals surface area contributed by atoms with Crippen LogP contribution in [0.15, 0.2) is 85.5 Å². The van der Waals surface area contributed by atoms with Crippen molar-refractivity contribution in [2.24, 2.45) is 0 Å². The lowest BCUT2D eigenvalue weighted by Crippen LogP contribution is -2.02. The van der Waals surface area contributed by atoms with Crippen molar-refractivity contribution in [2.45, 2.75) is 6.92 Å². The number of hydrogen-bond acceptors (Lipinski definition) is 3. The van der Waals surface area contributed by atoms with E-state index in [-0.39, 0.29) is 0 Å². The van der Waals surface area contributed by atoms with Crippen molar-refractivity contribution in [3.8, 4) is 11.1 Å². The van der Waals surface area contributed by atoms with Crippen LogP contribution in [0.5, 0.6) is 0 Å². The molecule has 0 atom stereocenters.